The van der Waals surface area contributed by atoms with E-state index in [0.29, 0.717) is 4.73 Å². The van der Waals surface area contributed by atoms with E-state index >= 15 is 0 Å². The zero-order chi connectivity index (χ0) is 31.9. The molecule has 0 fully saturated rings. The lowest BCUT2D eigenvalue weighted by Crippen LogP contribution is -2.26. The van der Waals surface area contributed by atoms with Gasteiger partial charge in [-0.15, -0.1) is 0 Å². The van der Waals surface area contributed by atoms with Crippen LogP contribution in [0.5, 0.6) is 0 Å². The van der Waals surface area contributed by atoms with Crippen LogP contribution in [0.15, 0.2) is 24.8 Å². The van der Waals surface area contributed by atoms with Crippen molar-refractivity contribution in [2.45, 2.75) is 0 Å². The van der Waals surface area contributed by atoms with Gasteiger partial charge < -0.3 is 30.9 Å². The molecule has 0 aliphatic rings. The molecule has 0 aromatic carbocycles. The molecule has 0 spiro atoms. The monoisotopic (exact) mass is 695 g/mol. The van der Waals surface area contributed by atoms with Crippen molar-refractivity contribution in [1.82, 2.24) is 29.7 Å². The number of nitrogens with one attached hydrogen (secondary N) is 1. The first kappa shape index (κ1) is 37.5. The highest BCUT2D eigenvalue weighted by atomic mass is 36.0. The van der Waals surface area contributed by atoms with Gasteiger partial charge in [-0.3, -0.25) is 9.97 Å². The third kappa shape index (κ3) is 14.6. The van der Waals surface area contributed by atoms with Gasteiger partial charge in [0.05, 0.1) is 39.9 Å². The number of nitrogen functional groups attached to an aromatic ring is 2. The summed E-state index contributed by atoms with van der Waals surface area (Å²) >= 11 is 24.8. The first-order chi connectivity index (χ1) is 19.0. The molecule has 17 nitrogen and oxygen atoms in total. The molecule has 0 radical (unpaired) electrons. The highest BCUT2D eigenvalue weighted by Crippen LogP contribution is 2.61. The molecule has 6 N–H and O–H groups in total. The third-order valence-corrected chi connectivity index (χ3v) is 3.91. The van der Waals surface area contributed by atoms with Gasteiger partial charge in [0.25, 0.3) is 0 Å². The number of ether oxygens (including phenoxy) is 3. The minimum absolute atomic E-state index is 0.00579. The Kier molecular flexibility index (Phi) is 16.5. The lowest BCUT2D eigenvalue weighted by atomic mass is 10.4. The summed E-state index contributed by atoms with van der Waals surface area (Å²) < 4.78 is 23.1. The molecule has 0 aliphatic carbocycles. The largest absolute Gasteiger partial charge is 0.464 e. The van der Waals surface area contributed by atoms with Crippen LogP contribution in [-0.2, 0) is 18.8 Å². The van der Waals surface area contributed by atoms with E-state index in [1.165, 1.54) is 39.9 Å². The zero-order valence-electron chi connectivity index (χ0n) is 20.8. The SMILES string of the molecule is COC(=O)c1nc(Cl)cnc1N.COC(=O)c1ncc(Cl)nc1N.COC(=O)c1nccn(O)c1=N.O=P(Cl)(Cl)Cl. The lowest BCUT2D eigenvalue weighted by molar-refractivity contribution is 0.0577. The second kappa shape index (κ2) is 18.1. The van der Waals surface area contributed by atoms with E-state index in [0.717, 1.165) is 6.20 Å². The van der Waals surface area contributed by atoms with Crippen molar-refractivity contribution in [3.63, 3.8) is 0 Å². The summed E-state index contributed by atoms with van der Waals surface area (Å²) in [7, 11) is 3.64. The molecule has 224 valence electrons. The molecule has 0 bridgehead atoms. The minimum Gasteiger partial charge on any atom is -0.464 e. The summed E-state index contributed by atoms with van der Waals surface area (Å²) in [5, 5.41) is 13.1. The molecule has 3 aromatic rings. The van der Waals surface area contributed by atoms with Gasteiger partial charge in [-0.05, 0) is 33.7 Å². The van der Waals surface area contributed by atoms with E-state index in [-0.39, 0.29) is 39.0 Å². The summed E-state index contributed by atoms with van der Waals surface area (Å²) in [6.07, 6.45) is 4.83. The molecule has 0 saturated heterocycles. The van der Waals surface area contributed by atoms with Crippen molar-refractivity contribution >= 4 is 91.7 Å². The van der Waals surface area contributed by atoms with Gasteiger partial charge in [-0.25, -0.2) is 39.3 Å². The number of halogens is 5. The maximum Gasteiger partial charge on any atom is 0.360 e. The first-order valence-electron chi connectivity index (χ1n) is 9.78. The number of esters is 3. The Morgan fingerprint density at radius 1 is 0.829 bits per heavy atom. The fourth-order valence-corrected chi connectivity index (χ4v) is 2.19. The first-order valence-corrected chi connectivity index (χ1v) is 15.0. The van der Waals surface area contributed by atoms with Gasteiger partial charge in [0.15, 0.2) is 34.2 Å². The fraction of sp³-hybridized carbons (Fsp3) is 0.167. The van der Waals surface area contributed by atoms with Crippen molar-refractivity contribution in [3.05, 3.63) is 57.7 Å². The van der Waals surface area contributed by atoms with Gasteiger partial charge in [0.2, 0.25) is 0 Å². The number of carbonyl (C=O) groups is 3. The van der Waals surface area contributed by atoms with Gasteiger partial charge in [-0.1, -0.05) is 23.2 Å². The highest BCUT2D eigenvalue weighted by Gasteiger charge is 2.14. The second-order valence-corrected chi connectivity index (χ2v) is 13.6. The van der Waals surface area contributed by atoms with Crippen molar-refractivity contribution in [2.75, 3.05) is 32.8 Å². The molecular weight excluding hydrogens is 678 g/mol. The molecule has 41 heavy (non-hydrogen) atoms. The van der Waals surface area contributed by atoms with Crippen molar-refractivity contribution in [3.8, 4) is 0 Å². The maximum absolute atomic E-state index is 10.9. The third-order valence-electron chi connectivity index (χ3n) is 3.54. The maximum atomic E-state index is 10.9. The van der Waals surface area contributed by atoms with Crippen LogP contribution in [0.3, 0.4) is 0 Å². The molecular formula is C18H19Cl5N9O8P. The number of rotatable bonds is 3. The quantitative estimate of drug-likeness (QED) is 0.133. The molecule has 0 unspecified atom stereocenters. The molecule has 3 aromatic heterocycles. The second-order valence-electron chi connectivity index (χ2n) is 6.20. The van der Waals surface area contributed by atoms with E-state index in [1.54, 1.807) is 0 Å². The van der Waals surface area contributed by atoms with E-state index in [1.807, 2.05) is 0 Å². The average molecular weight is 698 g/mol. The lowest BCUT2D eigenvalue weighted by Gasteiger charge is -2.00. The minimum atomic E-state index is -3.22. The van der Waals surface area contributed by atoms with Crippen LogP contribution >= 0.6 is 62.1 Å². The number of nitrogens with zero attached hydrogens (tertiary/aromatic N) is 6. The van der Waals surface area contributed by atoms with E-state index in [9.17, 15) is 18.9 Å². The predicted octanol–water partition coefficient (Wildman–Crippen LogP) is 3.19. The van der Waals surface area contributed by atoms with Crippen LogP contribution in [0, 0.1) is 5.41 Å². The van der Waals surface area contributed by atoms with Crippen LogP contribution in [0.2, 0.25) is 10.3 Å². The summed E-state index contributed by atoms with van der Waals surface area (Å²) in [5.41, 5.74) is 9.96. The molecule has 0 aliphatic heterocycles. The van der Waals surface area contributed by atoms with Gasteiger partial charge >= 0.3 is 23.1 Å². The van der Waals surface area contributed by atoms with Crippen LogP contribution in [0.25, 0.3) is 0 Å². The van der Waals surface area contributed by atoms with E-state index in [2.05, 4.69) is 72.9 Å². The number of aromatic nitrogens is 6. The molecule has 0 saturated carbocycles. The Balaban J connectivity index is 0.000000541. The summed E-state index contributed by atoms with van der Waals surface area (Å²) in [6, 6.07) is 0. The van der Waals surface area contributed by atoms with Gasteiger partial charge in [-0.2, -0.15) is 4.73 Å². The van der Waals surface area contributed by atoms with Crippen LogP contribution < -0.4 is 17.0 Å². The van der Waals surface area contributed by atoms with Crippen LogP contribution in [-0.4, -0.2) is 74.1 Å². The summed E-state index contributed by atoms with van der Waals surface area (Å²) in [6.45, 7) is 0. The smallest absolute Gasteiger partial charge is 0.360 e. The Labute approximate surface area is 254 Å². The van der Waals surface area contributed by atoms with Gasteiger partial charge in [0, 0.05) is 6.20 Å². The highest BCUT2D eigenvalue weighted by molar-refractivity contribution is 8.24. The van der Waals surface area contributed by atoms with E-state index < -0.39 is 28.6 Å². The number of nitrogens with two attached hydrogens (primary N) is 2. The molecule has 0 amide bonds. The van der Waals surface area contributed by atoms with E-state index in [4.69, 9.17) is 45.3 Å². The standard InChI is InChI=1S/2C6H6ClN3O2.C6H7N3O3.Cl3OP/c1-12-6(11)4-5(8)9-2-3(7)10-4;1-12-6(11)4-5(8)10-3(7)2-9-4;1-12-6(10)4-5(7)9(11)3-2-8-4;1-5(2,3)4/h2H,1H3,(H2,8,9);2H,1H3,(H2,8,10);2-3,7,11H,1H3;. The number of carbonyl (C=O) groups excluding carboxylic acids is 3. The Morgan fingerprint density at radius 2 is 1.27 bits per heavy atom. The molecule has 23 heteroatoms. The zero-order valence-corrected chi connectivity index (χ0v) is 25.5. The Bertz CT molecular complexity index is 1470. The summed E-state index contributed by atoms with van der Waals surface area (Å²) in [5.74, 6) is -2.05. The molecule has 3 heterocycles. The van der Waals surface area contributed by atoms with Crippen molar-refractivity contribution in [1.29, 1.82) is 5.41 Å². The normalized spacial score (nSPS) is 9.76. The van der Waals surface area contributed by atoms with Gasteiger partial charge in [0.1, 0.15) is 10.3 Å². The molecule has 0 atom stereocenters. The fourth-order valence-electron chi connectivity index (χ4n) is 1.92. The number of hydrogen-bond donors (Lipinski definition) is 4. The van der Waals surface area contributed by atoms with Crippen molar-refractivity contribution in [2.24, 2.45) is 0 Å². The van der Waals surface area contributed by atoms with Crippen LogP contribution in [0.4, 0.5) is 11.6 Å². The number of methoxy groups -OCH3 is 3. The number of hydrogen-bond acceptors (Lipinski definition) is 16. The molecule has 3 rings (SSSR count). The number of anilines is 2. The topological polar surface area (TPSA) is 261 Å². The van der Waals surface area contributed by atoms with Crippen molar-refractivity contribution < 1.29 is 38.4 Å². The predicted molar refractivity (Wildman–Crippen MR) is 147 cm³/mol. The van der Waals surface area contributed by atoms with Crippen LogP contribution in [0.1, 0.15) is 31.5 Å². The Morgan fingerprint density at radius 3 is 1.76 bits per heavy atom. The average Bonchev–Trinajstić information content (AvgIpc) is 2.90. The summed E-state index contributed by atoms with van der Waals surface area (Å²) in [4.78, 5) is 50.8. The Hall–Kier alpha value is -3.47.